The van der Waals surface area contributed by atoms with Crippen molar-refractivity contribution in [1.29, 1.82) is 0 Å². The monoisotopic (exact) mass is 518 g/mol. The summed E-state index contributed by atoms with van der Waals surface area (Å²) >= 11 is 0. The van der Waals surface area contributed by atoms with Crippen LogP contribution in [0.3, 0.4) is 0 Å². The number of hydrogen-bond acceptors (Lipinski definition) is 5. The SMILES string of the molecule is CCNC(=NCc1ccc(O)c(OCC)c1)N1CCC(CN2CCOCC2)C1.I. The van der Waals surface area contributed by atoms with Gasteiger partial charge in [-0.2, -0.15) is 0 Å². The zero-order chi connectivity index (χ0) is 19.8. The molecule has 0 aliphatic carbocycles. The molecule has 2 N–H and O–H groups in total. The number of hydrogen-bond donors (Lipinski definition) is 2. The van der Waals surface area contributed by atoms with Crippen LogP contribution in [0.2, 0.25) is 0 Å². The van der Waals surface area contributed by atoms with Crippen molar-refractivity contribution < 1.29 is 14.6 Å². The van der Waals surface area contributed by atoms with Crippen LogP contribution >= 0.6 is 24.0 Å². The summed E-state index contributed by atoms with van der Waals surface area (Å²) in [7, 11) is 0. The van der Waals surface area contributed by atoms with Crippen molar-refractivity contribution in [2.75, 3.05) is 59.1 Å². The van der Waals surface area contributed by atoms with Crippen molar-refractivity contribution in [2.24, 2.45) is 10.9 Å². The fourth-order valence-corrected chi connectivity index (χ4v) is 3.84. The predicted molar refractivity (Wildman–Crippen MR) is 126 cm³/mol. The highest BCUT2D eigenvalue weighted by Crippen LogP contribution is 2.27. The van der Waals surface area contributed by atoms with Crippen LogP contribution in [0.25, 0.3) is 0 Å². The lowest BCUT2D eigenvalue weighted by molar-refractivity contribution is 0.0315. The average molecular weight is 518 g/mol. The van der Waals surface area contributed by atoms with Gasteiger partial charge in [-0.25, -0.2) is 4.99 Å². The topological polar surface area (TPSA) is 69.6 Å². The number of likely N-dealkylation sites (tertiary alicyclic amines) is 1. The van der Waals surface area contributed by atoms with E-state index in [1.54, 1.807) is 6.07 Å². The zero-order valence-electron chi connectivity index (χ0n) is 17.6. The van der Waals surface area contributed by atoms with Crippen LogP contribution in [0.5, 0.6) is 11.5 Å². The van der Waals surface area contributed by atoms with E-state index in [-0.39, 0.29) is 29.7 Å². The Hall–Kier alpha value is -1.26. The van der Waals surface area contributed by atoms with E-state index in [0.717, 1.165) is 64.0 Å². The second-order valence-electron chi connectivity index (χ2n) is 7.42. The molecule has 0 saturated carbocycles. The van der Waals surface area contributed by atoms with Crippen molar-refractivity contribution in [3.63, 3.8) is 0 Å². The van der Waals surface area contributed by atoms with Gasteiger partial charge in [0.2, 0.25) is 0 Å². The van der Waals surface area contributed by atoms with E-state index in [1.807, 2.05) is 19.1 Å². The summed E-state index contributed by atoms with van der Waals surface area (Å²) in [6, 6.07) is 5.45. The van der Waals surface area contributed by atoms with Gasteiger partial charge in [-0.3, -0.25) is 4.90 Å². The fraction of sp³-hybridized carbons (Fsp3) is 0.667. The second-order valence-corrected chi connectivity index (χ2v) is 7.42. The summed E-state index contributed by atoms with van der Waals surface area (Å²) < 4.78 is 10.9. The summed E-state index contributed by atoms with van der Waals surface area (Å²) in [4.78, 5) is 9.73. The number of rotatable bonds is 7. The average Bonchev–Trinajstić information content (AvgIpc) is 3.16. The van der Waals surface area contributed by atoms with E-state index in [4.69, 9.17) is 14.5 Å². The van der Waals surface area contributed by atoms with Gasteiger partial charge in [0.15, 0.2) is 17.5 Å². The third-order valence-electron chi connectivity index (χ3n) is 5.28. The molecule has 3 rings (SSSR count). The van der Waals surface area contributed by atoms with Crippen LogP contribution in [0.4, 0.5) is 0 Å². The van der Waals surface area contributed by atoms with Crippen LogP contribution in [0.15, 0.2) is 23.2 Å². The first-order chi connectivity index (χ1) is 13.7. The standard InChI is InChI=1S/C21H34N4O3.HI/c1-3-22-21(23-14-17-5-6-19(26)20(13-17)28-4-2)25-8-7-18(16-25)15-24-9-11-27-12-10-24;/h5-6,13,18,26H,3-4,7-12,14-16H2,1-2H3,(H,22,23);1H. The quantitative estimate of drug-likeness (QED) is 0.329. The maximum atomic E-state index is 9.87. The van der Waals surface area contributed by atoms with Crippen LogP contribution in [-0.4, -0.2) is 80.0 Å². The summed E-state index contributed by atoms with van der Waals surface area (Å²) in [6.45, 7) is 13.0. The maximum absolute atomic E-state index is 9.87. The van der Waals surface area contributed by atoms with Gasteiger partial charge in [0.25, 0.3) is 0 Å². The Morgan fingerprint density at radius 2 is 2.07 bits per heavy atom. The van der Waals surface area contributed by atoms with E-state index in [1.165, 1.54) is 6.42 Å². The third kappa shape index (κ3) is 7.18. The van der Waals surface area contributed by atoms with E-state index in [9.17, 15) is 5.11 Å². The molecule has 2 aliphatic rings. The van der Waals surface area contributed by atoms with Crippen molar-refractivity contribution in [1.82, 2.24) is 15.1 Å². The summed E-state index contributed by atoms with van der Waals surface area (Å²) in [6.07, 6.45) is 1.20. The number of nitrogens with zero attached hydrogens (tertiary/aromatic N) is 3. The molecule has 7 nitrogen and oxygen atoms in total. The van der Waals surface area contributed by atoms with E-state index >= 15 is 0 Å². The molecule has 2 aliphatic heterocycles. The molecule has 29 heavy (non-hydrogen) atoms. The molecule has 1 aromatic carbocycles. The van der Waals surface area contributed by atoms with Crippen molar-refractivity contribution in [3.8, 4) is 11.5 Å². The lowest BCUT2D eigenvalue weighted by Gasteiger charge is -2.29. The molecule has 1 unspecified atom stereocenters. The molecule has 164 valence electrons. The molecule has 1 atom stereocenters. The van der Waals surface area contributed by atoms with E-state index in [2.05, 4.69) is 22.0 Å². The van der Waals surface area contributed by atoms with Gasteiger partial charge in [-0.05, 0) is 43.9 Å². The van der Waals surface area contributed by atoms with Gasteiger partial charge in [-0.15, -0.1) is 24.0 Å². The zero-order valence-corrected chi connectivity index (χ0v) is 19.9. The van der Waals surface area contributed by atoms with Gasteiger partial charge in [0.05, 0.1) is 26.4 Å². The molecule has 0 amide bonds. The van der Waals surface area contributed by atoms with Gasteiger partial charge < -0.3 is 24.8 Å². The number of morpholine rings is 1. The summed E-state index contributed by atoms with van der Waals surface area (Å²) in [5.41, 5.74) is 1.03. The maximum Gasteiger partial charge on any atom is 0.194 e. The summed E-state index contributed by atoms with van der Waals surface area (Å²) in [5.74, 6) is 2.34. The number of aromatic hydroxyl groups is 1. The highest BCUT2D eigenvalue weighted by molar-refractivity contribution is 14.0. The molecule has 8 heteroatoms. The Kier molecular flexibility index (Phi) is 10.3. The minimum Gasteiger partial charge on any atom is -0.504 e. The molecule has 2 saturated heterocycles. The fourth-order valence-electron chi connectivity index (χ4n) is 3.84. The molecule has 1 aromatic rings. The van der Waals surface area contributed by atoms with Crippen LogP contribution < -0.4 is 10.1 Å². The predicted octanol–water partition coefficient (Wildman–Crippen LogP) is 2.53. The van der Waals surface area contributed by atoms with Crippen LogP contribution in [-0.2, 0) is 11.3 Å². The lowest BCUT2D eigenvalue weighted by atomic mass is 10.1. The number of guanidine groups is 1. The largest absolute Gasteiger partial charge is 0.504 e. The Labute approximate surface area is 191 Å². The molecular formula is C21H35IN4O3. The third-order valence-corrected chi connectivity index (χ3v) is 5.28. The van der Waals surface area contributed by atoms with E-state index < -0.39 is 0 Å². The number of aliphatic imine (C=N–C) groups is 1. The first-order valence-corrected chi connectivity index (χ1v) is 10.5. The Bertz CT molecular complexity index is 653. The van der Waals surface area contributed by atoms with Gasteiger partial charge >= 0.3 is 0 Å². The van der Waals surface area contributed by atoms with Gasteiger partial charge in [0, 0.05) is 39.3 Å². The number of phenolic OH excluding ortho intramolecular Hbond substituents is 1. The minimum atomic E-state index is 0. The number of benzene rings is 1. The first-order valence-electron chi connectivity index (χ1n) is 10.5. The first kappa shape index (κ1) is 24.0. The van der Waals surface area contributed by atoms with Crippen LogP contribution in [0.1, 0.15) is 25.8 Å². The molecular weight excluding hydrogens is 483 g/mol. The summed E-state index contributed by atoms with van der Waals surface area (Å²) in [5, 5.41) is 13.3. The Morgan fingerprint density at radius 1 is 1.28 bits per heavy atom. The van der Waals surface area contributed by atoms with Crippen molar-refractivity contribution in [3.05, 3.63) is 23.8 Å². The lowest BCUT2D eigenvalue weighted by Crippen LogP contribution is -2.42. The number of phenols is 1. The van der Waals surface area contributed by atoms with Crippen molar-refractivity contribution in [2.45, 2.75) is 26.8 Å². The smallest absolute Gasteiger partial charge is 0.194 e. The number of halogens is 1. The van der Waals surface area contributed by atoms with Gasteiger partial charge in [-0.1, -0.05) is 6.07 Å². The second kappa shape index (κ2) is 12.4. The molecule has 2 heterocycles. The van der Waals surface area contributed by atoms with Gasteiger partial charge in [0.1, 0.15) is 0 Å². The molecule has 0 radical (unpaired) electrons. The van der Waals surface area contributed by atoms with Crippen molar-refractivity contribution >= 4 is 29.9 Å². The highest BCUT2D eigenvalue weighted by Gasteiger charge is 2.27. The normalized spacial score (nSPS) is 20.4. The molecule has 0 bridgehead atoms. The van der Waals surface area contributed by atoms with Crippen LogP contribution in [0, 0.1) is 5.92 Å². The number of nitrogens with one attached hydrogen (secondary N) is 1. The number of ether oxygens (including phenoxy) is 2. The molecule has 0 aromatic heterocycles. The highest BCUT2D eigenvalue weighted by atomic mass is 127. The molecule has 0 spiro atoms. The Balaban J connectivity index is 0.00000300. The van der Waals surface area contributed by atoms with E-state index in [0.29, 0.717) is 24.8 Å². The Morgan fingerprint density at radius 3 is 2.79 bits per heavy atom. The minimum absolute atomic E-state index is 0. The molecule has 2 fully saturated rings.